The maximum Gasteiger partial charge on any atom is 0.233 e. The molecule has 0 saturated carbocycles. The number of piperazine rings is 1. The largest absolute Gasteiger partial charge is 0.368 e. The van der Waals surface area contributed by atoms with Crippen LogP contribution in [0.4, 0.5) is 10.1 Å². The van der Waals surface area contributed by atoms with Crippen molar-refractivity contribution >= 4 is 44.9 Å². The van der Waals surface area contributed by atoms with Gasteiger partial charge in [0, 0.05) is 42.1 Å². The van der Waals surface area contributed by atoms with Crippen molar-refractivity contribution in [2.45, 2.75) is 5.03 Å². The average Bonchev–Trinajstić information content (AvgIpc) is 3.29. The van der Waals surface area contributed by atoms with Gasteiger partial charge in [0.05, 0.1) is 5.75 Å². The Morgan fingerprint density at radius 2 is 1.75 bits per heavy atom. The van der Waals surface area contributed by atoms with Crippen molar-refractivity contribution in [1.82, 2.24) is 14.9 Å². The van der Waals surface area contributed by atoms with Gasteiger partial charge in [-0.25, -0.2) is 14.4 Å². The van der Waals surface area contributed by atoms with E-state index >= 15 is 0 Å². The molecule has 0 unspecified atom stereocenters. The SMILES string of the molecule is O=C(CSc1ncnc2sc(-c3ccccc3)cc12)N1CCN(c2ccc(F)cc2)CC1. The molecule has 2 aromatic carbocycles. The van der Waals surface area contributed by atoms with Crippen LogP contribution in [0.2, 0.25) is 0 Å². The van der Waals surface area contributed by atoms with E-state index in [0.29, 0.717) is 18.8 Å². The van der Waals surface area contributed by atoms with Gasteiger partial charge in [-0.15, -0.1) is 11.3 Å². The number of halogens is 1. The number of thiophene rings is 1. The summed E-state index contributed by atoms with van der Waals surface area (Å²) in [5.74, 6) is 0.220. The number of nitrogens with zero attached hydrogens (tertiary/aromatic N) is 4. The molecule has 0 aliphatic carbocycles. The first kappa shape index (κ1) is 20.9. The Labute approximate surface area is 193 Å². The fourth-order valence-electron chi connectivity index (χ4n) is 3.78. The van der Waals surface area contributed by atoms with Gasteiger partial charge in [0.2, 0.25) is 5.91 Å². The third kappa shape index (κ3) is 4.47. The van der Waals surface area contributed by atoms with E-state index < -0.39 is 0 Å². The minimum absolute atomic E-state index is 0.110. The number of thioether (sulfide) groups is 1. The molecule has 0 bridgehead atoms. The van der Waals surface area contributed by atoms with Crippen LogP contribution in [0.25, 0.3) is 20.7 Å². The molecule has 5 nitrogen and oxygen atoms in total. The fraction of sp³-hybridized carbons (Fsp3) is 0.208. The Kier molecular flexibility index (Phi) is 6.05. The predicted molar refractivity (Wildman–Crippen MR) is 129 cm³/mol. The zero-order chi connectivity index (χ0) is 21.9. The number of fused-ring (bicyclic) bond motifs is 1. The summed E-state index contributed by atoms with van der Waals surface area (Å²) in [5, 5.41) is 1.84. The van der Waals surface area contributed by atoms with E-state index in [9.17, 15) is 9.18 Å². The number of anilines is 1. The minimum Gasteiger partial charge on any atom is -0.368 e. The Hall–Kier alpha value is -2.97. The second-order valence-corrected chi connectivity index (χ2v) is 9.50. The summed E-state index contributed by atoms with van der Waals surface area (Å²) in [6.07, 6.45) is 1.57. The number of benzene rings is 2. The van der Waals surface area contributed by atoms with E-state index in [0.717, 1.165) is 44.5 Å². The monoisotopic (exact) mass is 464 g/mol. The van der Waals surface area contributed by atoms with Crippen LogP contribution in [0.3, 0.4) is 0 Å². The molecule has 0 spiro atoms. The molecule has 8 heteroatoms. The van der Waals surface area contributed by atoms with Crippen LogP contribution < -0.4 is 4.90 Å². The van der Waals surface area contributed by atoms with Crippen LogP contribution in [0, 0.1) is 5.82 Å². The molecule has 2 aromatic heterocycles. The normalized spacial score (nSPS) is 14.2. The maximum atomic E-state index is 13.1. The van der Waals surface area contributed by atoms with Gasteiger partial charge in [-0.1, -0.05) is 42.1 Å². The predicted octanol–water partition coefficient (Wildman–Crippen LogP) is 4.94. The summed E-state index contributed by atoms with van der Waals surface area (Å²) < 4.78 is 13.1. The zero-order valence-electron chi connectivity index (χ0n) is 17.3. The molecule has 1 fully saturated rings. The molecule has 162 valence electrons. The average molecular weight is 465 g/mol. The smallest absolute Gasteiger partial charge is 0.233 e. The summed E-state index contributed by atoms with van der Waals surface area (Å²) in [5.41, 5.74) is 2.14. The first-order valence-corrected chi connectivity index (χ1v) is 12.2. The fourth-order valence-corrected chi connectivity index (χ4v) is 5.73. The molecule has 1 saturated heterocycles. The molecule has 0 N–H and O–H groups in total. The molecule has 3 heterocycles. The van der Waals surface area contributed by atoms with Crippen molar-refractivity contribution in [3.05, 3.63) is 72.8 Å². The molecular formula is C24H21FN4OS2. The van der Waals surface area contributed by atoms with Crippen molar-refractivity contribution in [2.24, 2.45) is 0 Å². The molecule has 0 atom stereocenters. The number of rotatable bonds is 5. The summed E-state index contributed by atoms with van der Waals surface area (Å²) >= 11 is 3.11. The molecule has 1 aliphatic rings. The highest BCUT2D eigenvalue weighted by atomic mass is 32.2. The van der Waals surface area contributed by atoms with Crippen molar-refractivity contribution in [3.8, 4) is 10.4 Å². The van der Waals surface area contributed by atoms with Gasteiger partial charge in [-0.2, -0.15) is 0 Å². The van der Waals surface area contributed by atoms with Crippen LogP contribution in [-0.2, 0) is 4.79 Å². The number of hydrogen-bond donors (Lipinski definition) is 0. The summed E-state index contributed by atoms with van der Waals surface area (Å²) in [6, 6.07) is 18.8. The number of amides is 1. The maximum absolute atomic E-state index is 13.1. The minimum atomic E-state index is -0.236. The van der Waals surface area contributed by atoms with Gasteiger partial charge in [0.25, 0.3) is 0 Å². The molecule has 32 heavy (non-hydrogen) atoms. The lowest BCUT2D eigenvalue weighted by atomic mass is 10.2. The van der Waals surface area contributed by atoms with Crippen LogP contribution in [-0.4, -0.2) is 52.7 Å². The topological polar surface area (TPSA) is 49.3 Å². The van der Waals surface area contributed by atoms with E-state index in [1.54, 1.807) is 29.8 Å². The van der Waals surface area contributed by atoms with Gasteiger partial charge < -0.3 is 9.80 Å². The number of carbonyl (C=O) groups is 1. The van der Waals surface area contributed by atoms with Gasteiger partial charge in [-0.05, 0) is 35.9 Å². The lowest BCUT2D eigenvalue weighted by Gasteiger charge is -2.36. The van der Waals surface area contributed by atoms with Crippen molar-refractivity contribution in [3.63, 3.8) is 0 Å². The Balaban J connectivity index is 1.22. The summed E-state index contributed by atoms with van der Waals surface area (Å²) in [6.45, 7) is 2.80. The number of hydrogen-bond acceptors (Lipinski definition) is 6. The van der Waals surface area contributed by atoms with Crippen LogP contribution in [0.5, 0.6) is 0 Å². The van der Waals surface area contributed by atoms with E-state index in [4.69, 9.17) is 0 Å². The lowest BCUT2D eigenvalue weighted by Crippen LogP contribution is -2.49. The van der Waals surface area contributed by atoms with Crippen LogP contribution in [0.15, 0.2) is 72.0 Å². The lowest BCUT2D eigenvalue weighted by molar-refractivity contribution is -0.128. The van der Waals surface area contributed by atoms with Crippen molar-refractivity contribution in [1.29, 1.82) is 0 Å². The highest BCUT2D eigenvalue weighted by molar-refractivity contribution is 8.00. The van der Waals surface area contributed by atoms with Gasteiger partial charge >= 0.3 is 0 Å². The first-order valence-electron chi connectivity index (χ1n) is 10.4. The highest BCUT2D eigenvalue weighted by Crippen LogP contribution is 2.36. The van der Waals surface area contributed by atoms with E-state index in [1.165, 1.54) is 23.9 Å². The Morgan fingerprint density at radius 1 is 1.00 bits per heavy atom. The van der Waals surface area contributed by atoms with E-state index in [2.05, 4.69) is 33.1 Å². The van der Waals surface area contributed by atoms with E-state index in [-0.39, 0.29) is 11.7 Å². The summed E-state index contributed by atoms with van der Waals surface area (Å²) in [4.78, 5) is 27.8. The second kappa shape index (κ2) is 9.26. The Morgan fingerprint density at radius 3 is 2.50 bits per heavy atom. The van der Waals surface area contributed by atoms with E-state index in [1.807, 2.05) is 23.1 Å². The summed E-state index contributed by atoms with van der Waals surface area (Å²) in [7, 11) is 0. The Bertz CT molecular complexity index is 1220. The molecule has 1 aliphatic heterocycles. The third-order valence-corrected chi connectivity index (χ3v) is 7.59. The number of carbonyl (C=O) groups excluding carboxylic acids is 1. The molecule has 5 rings (SSSR count). The zero-order valence-corrected chi connectivity index (χ0v) is 18.9. The standard InChI is InChI=1S/C24H21FN4OS2/c25-18-6-8-19(9-7-18)28-10-12-29(13-11-28)22(30)15-31-23-20-14-21(17-4-2-1-3-5-17)32-24(20)27-16-26-23/h1-9,14,16H,10-13,15H2. The molecule has 1 amide bonds. The molecule has 0 radical (unpaired) electrons. The third-order valence-electron chi connectivity index (χ3n) is 5.51. The van der Waals surface area contributed by atoms with Crippen LogP contribution in [0.1, 0.15) is 0 Å². The van der Waals surface area contributed by atoms with Crippen molar-refractivity contribution in [2.75, 3.05) is 36.8 Å². The molecule has 4 aromatic rings. The second-order valence-electron chi connectivity index (χ2n) is 7.51. The quantitative estimate of drug-likeness (QED) is 0.309. The first-order chi connectivity index (χ1) is 15.7. The van der Waals surface area contributed by atoms with Crippen molar-refractivity contribution < 1.29 is 9.18 Å². The highest BCUT2D eigenvalue weighted by Gasteiger charge is 2.22. The van der Waals surface area contributed by atoms with Crippen LogP contribution >= 0.6 is 23.1 Å². The van der Waals surface area contributed by atoms with Gasteiger partial charge in [0.15, 0.2) is 0 Å². The number of aromatic nitrogens is 2. The molecular weight excluding hydrogens is 443 g/mol. The van der Waals surface area contributed by atoms with Gasteiger partial charge in [-0.3, -0.25) is 4.79 Å². The van der Waals surface area contributed by atoms with Gasteiger partial charge in [0.1, 0.15) is 22.0 Å².